The summed E-state index contributed by atoms with van der Waals surface area (Å²) in [5.41, 5.74) is 3.18. The molecule has 1 aromatic rings. The maximum Gasteiger partial charge on any atom is 0.0377 e. The largest absolute Gasteiger partial charge is 0.384 e. The number of nitrogens with one attached hydrogen (secondary N) is 1. The zero-order chi connectivity index (χ0) is 11.1. The van der Waals surface area contributed by atoms with Crippen molar-refractivity contribution >= 4 is 21.6 Å². The fourth-order valence-electron chi connectivity index (χ4n) is 2.30. The van der Waals surface area contributed by atoms with Gasteiger partial charge in [0.05, 0.1) is 0 Å². The van der Waals surface area contributed by atoms with E-state index in [4.69, 9.17) is 0 Å². The van der Waals surface area contributed by atoms with Crippen molar-refractivity contribution in [2.45, 2.75) is 33.1 Å². The molecule has 0 amide bonds. The van der Waals surface area contributed by atoms with Crippen molar-refractivity contribution in [3.63, 3.8) is 0 Å². The number of hydrogen-bond acceptors (Lipinski definition) is 1. The van der Waals surface area contributed by atoms with Crippen LogP contribution in [0, 0.1) is 5.41 Å². The molecule has 0 saturated heterocycles. The number of hydrogen-bond donors (Lipinski definition) is 1. The molecule has 0 bridgehead atoms. The van der Waals surface area contributed by atoms with Gasteiger partial charge in [0.15, 0.2) is 0 Å². The molecule has 2 rings (SSSR count). The summed E-state index contributed by atoms with van der Waals surface area (Å²) >= 11 is 3.54. The second-order valence-corrected chi connectivity index (χ2v) is 6.49. The first-order valence-corrected chi connectivity index (χ1v) is 6.28. The summed E-state index contributed by atoms with van der Waals surface area (Å²) in [6, 6.07) is 6.53. The third-order valence-corrected chi connectivity index (χ3v) is 3.34. The summed E-state index contributed by atoms with van der Waals surface area (Å²) in [6.45, 7) is 8.01. The zero-order valence-electron chi connectivity index (χ0n) is 9.60. The van der Waals surface area contributed by atoms with Crippen molar-refractivity contribution in [1.82, 2.24) is 0 Å². The summed E-state index contributed by atoms with van der Waals surface area (Å²) in [5.74, 6) is 0.664. The summed E-state index contributed by atoms with van der Waals surface area (Å²) in [5, 5.41) is 3.48. The second kappa shape index (κ2) is 3.82. The molecule has 1 nitrogen and oxygen atoms in total. The summed E-state index contributed by atoms with van der Waals surface area (Å²) in [6.07, 6.45) is 1.24. The summed E-state index contributed by atoms with van der Waals surface area (Å²) in [4.78, 5) is 0. The van der Waals surface area contributed by atoms with Crippen molar-refractivity contribution in [2.24, 2.45) is 5.41 Å². The highest BCUT2D eigenvalue weighted by Gasteiger charge is 2.26. The molecule has 0 saturated carbocycles. The third kappa shape index (κ3) is 2.54. The quantitative estimate of drug-likeness (QED) is 0.796. The van der Waals surface area contributed by atoms with E-state index in [1.165, 1.54) is 22.1 Å². The number of anilines is 1. The second-order valence-electron chi connectivity index (χ2n) is 5.57. The standard InChI is InChI=1S/C13H18BrN/c1-13(2,3)7-9-8-15-12-5-4-10(14)6-11(9)12/h4-6,9,15H,7-8H2,1-3H3. The van der Waals surface area contributed by atoms with Gasteiger partial charge in [0.1, 0.15) is 0 Å². The van der Waals surface area contributed by atoms with Gasteiger partial charge in [0.2, 0.25) is 0 Å². The van der Waals surface area contributed by atoms with Crippen LogP contribution < -0.4 is 5.32 Å². The molecule has 0 fully saturated rings. The molecule has 2 heteroatoms. The highest BCUT2D eigenvalue weighted by atomic mass is 79.9. The Morgan fingerprint density at radius 1 is 1.40 bits per heavy atom. The maximum atomic E-state index is 3.54. The van der Waals surface area contributed by atoms with E-state index in [2.05, 4.69) is 60.2 Å². The average molecular weight is 268 g/mol. The van der Waals surface area contributed by atoms with Crippen LogP contribution in [-0.2, 0) is 0 Å². The summed E-state index contributed by atoms with van der Waals surface area (Å²) in [7, 11) is 0. The Bertz CT molecular complexity index is 365. The van der Waals surface area contributed by atoms with Gasteiger partial charge in [-0.25, -0.2) is 0 Å². The lowest BCUT2D eigenvalue weighted by Gasteiger charge is -2.22. The van der Waals surface area contributed by atoms with Crippen LogP contribution in [-0.4, -0.2) is 6.54 Å². The van der Waals surface area contributed by atoms with Crippen LogP contribution in [0.1, 0.15) is 38.7 Å². The first-order chi connectivity index (χ1) is 6.96. The normalized spacial score (nSPS) is 19.9. The first kappa shape index (κ1) is 11.0. The van der Waals surface area contributed by atoms with Gasteiger partial charge in [0.25, 0.3) is 0 Å². The van der Waals surface area contributed by atoms with E-state index in [1.54, 1.807) is 0 Å². The lowest BCUT2D eigenvalue weighted by molar-refractivity contribution is 0.348. The number of rotatable bonds is 1. The maximum absolute atomic E-state index is 3.54. The number of fused-ring (bicyclic) bond motifs is 1. The van der Waals surface area contributed by atoms with Gasteiger partial charge in [0, 0.05) is 22.6 Å². The molecule has 1 aliphatic rings. The fourth-order valence-corrected chi connectivity index (χ4v) is 2.68. The molecule has 1 aliphatic heterocycles. The van der Waals surface area contributed by atoms with Crippen molar-refractivity contribution in [3.8, 4) is 0 Å². The topological polar surface area (TPSA) is 12.0 Å². The van der Waals surface area contributed by atoms with Crippen molar-refractivity contribution in [2.75, 3.05) is 11.9 Å². The Balaban J connectivity index is 2.24. The van der Waals surface area contributed by atoms with E-state index in [1.807, 2.05) is 0 Å². The minimum absolute atomic E-state index is 0.399. The smallest absolute Gasteiger partial charge is 0.0377 e. The molecule has 0 aromatic heterocycles. The molecule has 0 radical (unpaired) electrons. The van der Waals surface area contributed by atoms with E-state index in [0.717, 1.165) is 6.54 Å². The molecule has 1 aromatic carbocycles. The zero-order valence-corrected chi connectivity index (χ0v) is 11.2. The van der Waals surface area contributed by atoms with E-state index in [9.17, 15) is 0 Å². The van der Waals surface area contributed by atoms with Gasteiger partial charge in [-0.1, -0.05) is 36.7 Å². The molecule has 1 unspecified atom stereocenters. The molecule has 0 aliphatic carbocycles. The summed E-state index contributed by atoms with van der Waals surface area (Å²) < 4.78 is 1.18. The molecular formula is C13H18BrN. The number of benzene rings is 1. The van der Waals surface area contributed by atoms with Gasteiger partial charge < -0.3 is 5.32 Å². The van der Waals surface area contributed by atoms with Crippen molar-refractivity contribution < 1.29 is 0 Å². The average Bonchev–Trinajstić information content (AvgIpc) is 2.46. The van der Waals surface area contributed by atoms with Crippen molar-refractivity contribution in [3.05, 3.63) is 28.2 Å². The molecule has 1 heterocycles. The molecule has 82 valence electrons. The van der Waals surface area contributed by atoms with Gasteiger partial charge in [-0.15, -0.1) is 0 Å². The Morgan fingerprint density at radius 3 is 2.80 bits per heavy atom. The fraction of sp³-hybridized carbons (Fsp3) is 0.538. The van der Waals surface area contributed by atoms with E-state index in [-0.39, 0.29) is 0 Å². The van der Waals surface area contributed by atoms with Gasteiger partial charge in [-0.05, 0) is 35.6 Å². The Kier molecular flexibility index (Phi) is 2.80. The van der Waals surface area contributed by atoms with Crippen LogP contribution in [0.25, 0.3) is 0 Å². The van der Waals surface area contributed by atoms with Crippen LogP contribution in [0.2, 0.25) is 0 Å². The van der Waals surface area contributed by atoms with Crippen LogP contribution in [0.5, 0.6) is 0 Å². The van der Waals surface area contributed by atoms with Gasteiger partial charge >= 0.3 is 0 Å². The predicted molar refractivity (Wildman–Crippen MR) is 69.4 cm³/mol. The highest BCUT2D eigenvalue weighted by molar-refractivity contribution is 9.10. The lowest BCUT2D eigenvalue weighted by Crippen LogP contribution is -2.13. The van der Waals surface area contributed by atoms with Crippen LogP contribution >= 0.6 is 15.9 Å². The molecule has 1 atom stereocenters. The van der Waals surface area contributed by atoms with E-state index < -0.39 is 0 Å². The monoisotopic (exact) mass is 267 g/mol. The van der Waals surface area contributed by atoms with Crippen molar-refractivity contribution in [1.29, 1.82) is 0 Å². The van der Waals surface area contributed by atoms with E-state index >= 15 is 0 Å². The third-order valence-electron chi connectivity index (χ3n) is 2.85. The van der Waals surface area contributed by atoms with Gasteiger partial charge in [-0.3, -0.25) is 0 Å². The minimum Gasteiger partial charge on any atom is -0.384 e. The van der Waals surface area contributed by atoms with Gasteiger partial charge in [-0.2, -0.15) is 0 Å². The Hall–Kier alpha value is -0.500. The SMILES string of the molecule is CC(C)(C)CC1CNc2ccc(Br)cc21. The van der Waals surface area contributed by atoms with Crippen LogP contribution in [0.15, 0.2) is 22.7 Å². The minimum atomic E-state index is 0.399. The molecule has 0 spiro atoms. The lowest BCUT2D eigenvalue weighted by atomic mass is 9.82. The molecule has 15 heavy (non-hydrogen) atoms. The highest BCUT2D eigenvalue weighted by Crippen LogP contribution is 2.39. The van der Waals surface area contributed by atoms with Crippen LogP contribution in [0.4, 0.5) is 5.69 Å². The Labute approximate surface area is 100 Å². The Morgan fingerprint density at radius 2 is 2.13 bits per heavy atom. The first-order valence-electron chi connectivity index (χ1n) is 5.49. The molecular weight excluding hydrogens is 250 g/mol. The van der Waals surface area contributed by atoms with E-state index in [0.29, 0.717) is 11.3 Å². The van der Waals surface area contributed by atoms with Crippen LogP contribution in [0.3, 0.4) is 0 Å². The predicted octanol–water partition coefficient (Wildman–Crippen LogP) is 4.39. The number of halogens is 1. The molecule has 1 N–H and O–H groups in total.